The van der Waals surface area contributed by atoms with Crippen molar-refractivity contribution in [1.29, 1.82) is 0 Å². The number of thioether (sulfide) groups is 1. The van der Waals surface area contributed by atoms with E-state index in [0.29, 0.717) is 34.6 Å². The van der Waals surface area contributed by atoms with Gasteiger partial charge < -0.3 is 14.0 Å². The third kappa shape index (κ3) is 4.80. The summed E-state index contributed by atoms with van der Waals surface area (Å²) >= 11 is 1.22. The summed E-state index contributed by atoms with van der Waals surface area (Å²) < 4.78 is 12.4. The highest BCUT2D eigenvalue weighted by molar-refractivity contribution is 7.99. The molecule has 1 aromatic heterocycles. The first-order chi connectivity index (χ1) is 14.6. The monoisotopic (exact) mass is 426 g/mol. The van der Waals surface area contributed by atoms with Gasteiger partial charge in [0.2, 0.25) is 5.91 Å². The maximum absolute atomic E-state index is 12.2. The number of methoxy groups -OCH3 is 2. The number of hydrogen-bond donors (Lipinski definition) is 1. The van der Waals surface area contributed by atoms with Crippen molar-refractivity contribution in [2.75, 3.05) is 20.0 Å². The zero-order chi connectivity index (χ0) is 21.5. The molecule has 0 atom stereocenters. The third-order valence-corrected chi connectivity index (χ3v) is 5.29. The number of aromatic nitrogens is 3. The van der Waals surface area contributed by atoms with Gasteiger partial charge in [0.05, 0.1) is 25.5 Å². The normalized spacial score (nSPS) is 10.5. The van der Waals surface area contributed by atoms with Gasteiger partial charge in [-0.3, -0.25) is 14.9 Å². The van der Waals surface area contributed by atoms with Crippen molar-refractivity contribution in [2.24, 2.45) is 0 Å². The molecule has 1 heterocycles. The molecule has 8 nitrogen and oxygen atoms in total. The fourth-order valence-electron chi connectivity index (χ4n) is 2.82. The van der Waals surface area contributed by atoms with Crippen molar-refractivity contribution >= 4 is 23.6 Å². The Morgan fingerprint density at radius 2 is 1.77 bits per heavy atom. The average Bonchev–Trinajstić information content (AvgIpc) is 3.20. The first kappa shape index (κ1) is 21.4. The molecule has 9 heteroatoms. The summed E-state index contributed by atoms with van der Waals surface area (Å²) in [5.41, 5.74) is 1.20. The molecular formula is C21H22N4O4S. The molecule has 0 fully saturated rings. The number of carbonyl (C=O) groups excluding carboxylic acids is 2. The van der Waals surface area contributed by atoms with Gasteiger partial charge in [-0.05, 0) is 43.3 Å². The summed E-state index contributed by atoms with van der Waals surface area (Å²) in [6.45, 7) is 2.59. The molecule has 0 saturated carbocycles. The van der Waals surface area contributed by atoms with E-state index in [0.717, 1.165) is 5.56 Å². The minimum atomic E-state index is -0.463. The van der Waals surface area contributed by atoms with Crippen LogP contribution in [0.15, 0.2) is 53.7 Å². The Bertz CT molecular complexity index is 1030. The maximum atomic E-state index is 12.2. The van der Waals surface area contributed by atoms with E-state index in [1.165, 1.54) is 11.8 Å². The molecule has 3 aromatic rings. The molecule has 0 aliphatic rings. The van der Waals surface area contributed by atoms with Crippen LogP contribution in [0.5, 0.6) is 11.5 Å². The Labute approximate surface area is 178 Å². The number of carbonyl (C=O) groups is 2. The summed E-state index contributed by atoms with van der Waals surface area (Å²) in [7, 11) is 3.15. The van der Waals surface area contributed by atoms with Gasteiger partial charge in [-0.1, -0.05) is 23.9 Å². The number of amides is 2. The maximum Gasteiger partial charge on any atom is 0.257 e. The van der Waals surface area contributed by atoms with Gasteiger partial charge in [-0.25, -0.2) is 0 Å². The van der Waals surface area contributed by atoms with Gasteiger partial charge in [0.15, 0.2) is 11.0 Å². The Hall–Kier alpha value is -3.33. The number of benzene rings is 2. The Kier molecular flexibility index (Phi) is 7.08. The van der Waals surface area contributed by atoms with Crippen LogP contribution in [-0.4, -0.2) is 46.6 Å². The minimum absolute atomic E-state index is 0.0337. The highest BCUT2D eigenvalue weighted by Gasteiger charge is 2.18. The van der Waals surface area contributed by atoms with Crippen LogP contribution < -0.4 is 14.8 Å². The van der Waals surface area contributed by atoms with Crippen LogP contribution >= 0.6 is 11.8 Å². The van der Waals surface area contributed by atoms with Gasteiger partial charge in [-0.2, -0.15) is 0 Å². The fourth-order valence-corrected chi connectivity index (χ4v) is 3.62. The second kappa shape index (κ2) is 9.93. The van der Waals surface area contributed by atoms with E-state index in [1.54, 1.807) is 38.5 Å². The lowest BCUT2D eigenvalue weighted by atomic mass is 10.2. The van der Waals surface area contributed by atoms with E-state index in [9.17, 15) is 9.59 Å². The summed E-state index contributed by atoms with van der Waals surface area (Å²) in [5, 5.41) is 11.4. The molecule has 0 radical (unpaired) electrons. The van der Waals surface area contributed by atoms with E-state index in [4.69, 9.17) is 9.47 Å². The topological polar surface area (TPSA) is 95.3 Å². The lowest BCUT2D eigenvalue weighted by Crippen LogP contribution is -2.31. The van der Waals surface area contributed by atoms with Crippen molar-refractivity contribution in [3.8, 4) is 22.9 Å². The quantitative estimate of drug-likeness (QED) is 0.553. The molecule has 1 N–H and O–H groups in total. The van der Waals surface area contributed by atoms with E-state index >= 15 is 0 Å². The standard InChI is InChI=1S/C21H22N4O4S/c1-4-25-19(16-7-5-6-8-17(16)29-3)23-24-21(25)30-13-18(26)22-20(27)14-9-11-15(28-2)12-10-14/h5-12H,4,13H2,1-3H3,(H,22,26,27). The van der Waals surface area contributed by atoms with Crippen LogP contribution in [0.4, 0.5) is 0 Å². The molecule has 0 bridgehead atoms. The van der Waals surface area contributed by atoms with Crippen LogP contribution in [0.25, 0.3) is 11.4 Å². The summed E-state index contributed by atoms with van der Waals surface area (Å²) in [4.78, 5) is 24.5. The zero-order valence-electron chi connectivity index (χ0n) is 16.9. The van der Waals surface area contributed by atoms with Crippen LogP contribution in [0.2, 0.25) is 0 Å². The number of rotatable bonds is 8. The second-order valence-electron chi connectivity index (χ2n) is 6.15. The molecule has 0 aliphatic heterocycles. The number of hydrogen-bond acceptors (Lipinski definition) is 7. The molecule has 3 rings (SSSR count). The number of nitrogens with zero attached hydrogens (tertiary/aromatic N) is 3. The largest absolute Gasteiger partial charge is 0.497 e. The Morgan fingerprint density at radius 3 is 2.43 bits per heavy atom. The molecule has 2 aromatic carbocycles. The molecular weight excluding hydrogens is 404 g/mol. The van der Waals surface area contributed by atoms with Crippen LogP contribution in [0.1, 0.15) is 17.3 Å². The van der Waals surface area contributed by atoms with Gasteiger partial charge in [-0.15, -0.1) is 10.2 Å². The van der Waals surface area contributed by atoms with Crippen molar-refractivity contribution in [1.82, 2.24) is 20.1 Å². The molecule has 0 unspecified atom stereocenters. The van der Waals surface area contributed by atoms with Crippen molar-refractivity contribution in [3.05, 3.63) is 54.1 Å². The van der Waals surface area contributed by atoms with Gasteiger partial charge in [0.25, 0.3) is 5.91 Å². The minimum Gasteiger partial charge on any atom is -0.497 e. The molecule has 30 heavy (non-hydrogen) atoms. The Balaban J connectivity index is 1.66. The van der Waals surface area contributed by atoms with Crippen molar-refractivity contribution in [3.63, 3.8) is 0 Å². The SMILES string of the molecule is CCn1c(SCC(=O)NC(=O)c2ccc(OC)cc2)nnc1-c1ccccc1OC. The number of para-hydroxylation sites is 1. The highest BCUT2D eigenvalue weighted by atomic mass is 32.2. The van der Waals surface area contributed by atoms with Crippen molar-refractivity contribution in [2.45, 2.75) is 18.6 Å². The fraction of sp³-hybridized carbons (Fsp3) is 0.238. The highest BCUT2D eigenvalue weighted by Crippen LogP contribution is 2.30. The summed E-state index contributed by atoms with van der Waals surface area (Å²) in [6.07, 6.45) is 0. The molecule has 0 spiro atoms. The van der Waals surface area contributed by atoms with E-state index in [2.05, 4.69) is 15.5 Å². The van der Waals surface area contributed by atoms with Crippen LogP contribution in [0.3, 0.4) is 0 Å². The van der Waals surface area contributed by atoms with Crippen molar-refractivity contribution < 1.29 is 19.1 Å². The number of imide groups is 1. The smallest absolute Gasteiger partial charge is 0.257 e. The lowest BCUT2D eigenvalue weighted by Gasteiger charge is -2.10. The molecule has 156 valence electrons. The molecule has 2 amide bonds. The second-order valence-corrected chi connectivity index (χ2v) is 7.09. The van der Waals surface area contributed by atoms with Crippen LogP contribution in [-0.2, 0) is 11.3 Å². The van der Waals surface area contributed by atoms with E-state index in [-0.39, 0.29) is 5.75 Å². The Morgan fingerprint density at radius 1 is 1.03 bits per heavy atom. The van der Waals surface area contributed by atoms with E-state index in [1.807, 2.05) is 35.8 Å². The average molecular weight is 426 g/mol. The third-order valence-electron chi connectivity index (χ3n) is 4.32. The number of ether oxygens (including phenoxy) is 2. The summed E-state index contributed by atoms with van der Waals surface area (Å²) in [6, 6.07) is 14.1. The van der Waals surface area contributed by atoms with Gasteiger partial charge in [0.1, 0.15) is 11.5 Å². The van der Waals surface area contributed by atoms with Crippen LogP contribution in [0, 0.1) is 0 Å². The first-order valence-corrected chi connectivity index (χ1v) is 10.2. The first-order valence-electron chi connectivity index (χ1n) is 9.25. The zero-order valence-corrected chi connectivity index (χ0v) is 17.7. The lowest BCUT2D eigenvalue weighted by molar-refractivity contribution is -0.117. The summed E-state index contributed by atoms with van der Waals surface area (Å²) in [5.74, 6) is 1.15. The van der Waals surface area contributed by atoms with Gasteiger partial charge >= 0.3 is 0 Å². The molecule has 0 aliphatic carbocycles. The van der Waals surface area contributed by atoms with E-state index < -0.39 is 11.8 Å². The number of nitrogens with one attached hydrogen (secondary N) is 1. The predicted octanol–water partition coefficient (Wildman–Crippen LogP) is 3.03. The molecule has 0 saturated heterocycles. The predicted molar refractivity (Wildman–Crippen MR) is 114 cm³/mol. The van der Waals surface area contributed by atoms with Gasteiger partial charge in [0, 0.05) is 12.1 Å².